The molecule has 0 saturated carbocycles. The van der Waals surface area contributed by atoms with Crippen LogP contribution in [-0.4, -0.2) is 22.9 Å². The SMILES string of the molecule is CC(C)C1NC=C(Br)C(=O)C1C(=O)O. The van der Waals surface area contributed by atoms with Crippen molar-refractivity contribution in [2.24, 2.45) is 11.8 Å². The second-order valence-electron chi connectivity index (χ2n) is 3.61. The monoisotopic (exact) mass is 261 g/mol. The number of halogens is 1. The largest absolute Gasteiger partial charge is 0.481 e. The predicted molar refractivity (Wildman–Crippen MR) is 54.9 cm³/mol. The molecule has 0 aromatic carbocycles. The zero-order valence-corrected chi connectivity index (χ0v) is 9.54. The van der Waals surface area contributed by atoms with Crippen molar-refractivity contribution < 1.29 is 14.7 Å². The fraction of sp³-hybridized carbons (Fsp3) is 0.556. The van der Waals surface area contributed by atoms with Crippen molar-refractivity contribution in [3.8, 4) is 0 Å². The first kappa shape index (κ1) is 11.2. The van der Waals surface area contributed by atoms with E-state index in [0.29, 0.717) is 4.48 Å². The molecule has 4 nitrogen and oxygen atoms in total. The number of aliphatic carboxylic acids is 1. The first-order chi connectivity index (χ1) is 6.45. The number of rotatable bonds is 2. The molecule has 0 aromatic rings. The second kappa shape index (κ2) is 4.13. The maximum Gasteiger partial charge on any atom is 0.316 e. The van der Waals surface area contributed by atoms with Crippen LogP contribution < -0.4 is 5.32 Å². The van der Waals surface area contributed by atoms with Crippen molar-refractivity contribution in [3.05, 3.63) is 10.7 Å². The Morgan fingerprint density at radius 3 is 2.64 bits per heavy atom. The summed E-state index contributed by atoms with van der Waals surface area (Å²) in [5, 5.41) is 11.9. The molecule has 2 unspecified atom stereocenters. The molecule has 0 bridgehead atoms. The van der Waals surface area contributed by atoms with Crippen molar-refractivity contribution in [1.82, 2.24) is 5.32 Å². The van der Waals surface area contributed by atoms with Crippen LogP contribution in [0.1, 0.15) is 13.8 Å². The Kier molecular flexibility index (Phi) is 3.31. The van der Waals surface area contributed by atoms with Gasteiger partial charge >= 0.3 is 5.97 Å². The summed E-state index contributed by atoms with van der Waals surface area (Å²) in [7, 11) is 0. The van der Waals surface area contributed by atoms with Crippen LogP contribution in [0.15, 0.2) is 10.7 Å². The molecule has 1 aliphatic rings. The van der Waals surface area contributed by atoms with Crippen LogP contribution >= 0.6 is 15.9 Å². The average molecular weight is 262 g/mol. The third-order valence-corrected chi connectivity index (χ3v) is 2.88. The van der Waals surface area contributed by atoms with Crippen LogP contribution in [-0.2, 0) is 9.59 Å². The van der Waals surface area contributed by atoms with E-state index < -0.39 is 11.9 Å². The highest BCUT2D eigenvalue weighted by atomic mass is 79.9. The zero-order valence-electron chi connectivity index (χ0n) is 7.95. The Balaban J connectivity index is 3.00. The highest BCUT2D eigenvalue weighted by Gasteiger charge is 2.39. The molecule has 0 saturated heterocycles. The van der Waals surface area contributed by atoms with E-state index >= 15 is 0 Å². The molecule has 1 aliphatic heterocycles. The van der Waals surface area contributed by atoms with Crippen molar-refractivity contribution in [2.75, 3.05) is 0 Å². The summed E-state index contributed by atoms with van der Waals surface area (Å²) in [5.41, 5.74) is 0. The number of hydrogen-bond acceptors (Lipinski definition) is 3. The highest BCUT2D eigenvalue weighted by molar-refractivity contribution is 9.12. The summed E-state index contributed by atoms with van der Waals surface area (Å²) >= 11 is 3.02. The first-order valence-corrected chi connectivity index (χ1v) is 5.13. The normalized spacial score (nSPS) is 27.1. The van der Waals surface area contributed by atoms with Gasteiger partial charge in [0.2, 0.25) is 0 Å². The number of ketones is 1. The van der Waals surface area contributed by atoms with E-state index in [1.54, 1.807) is 0 Å². The maximum absolute atomic E-state index is 11.5. The molecule has 0 aromatic heterocycles. The molecule has 1 heterocycles. The fourth-order valence-corrected chi connectivity index (χ4v) is 1.87. The third-order valence-electron chi connectivity index (χ3n) is 2.26. The quantitative estimate of drug-likeness (QED) is 0.732. The van der Waals surface area contributed by atoms with Crippen LogP contribution in [0.2, 0.25) is 0 Å². The van der Waals surface area contributed by atoms with Gasteiger partial charge in [-0.05, 0) is 21.8 Å². The van der Waals surface area contributed by atoms with E-state index in [1.807, 2.05) is 13.8 Å². The van der Waals surface area contributed by atoms with E-state index in [2.05, 4.69) is 21.2 Å². The molecule has 14 heavy (non-hydrogen) atoms. The van der Waals surface area contributed by atoms with Gasteiger partial charge in [0.25, 0.3) is 0 Å². The van der Waals surface area contributed by atoms with E-state index in [1.165, 1.54) is 6.20 Å². The molecular formula is C9H12BrNO3. The van der Waals surface area contributed by atoms with Crippen molar-refractivity contribution >= 4 is 27.7 Å². The van der Waals surface area contributed by atoms with Crippen LogP contribution in [0.5, 0.6) is 0 Å². The second-order valence-corrected chi connectivity index (χ2v) is 4.46. The van der Waals surface area contributed by atoms with Crippen LogP contribution in [0, 0.1) is 11.8 Å². The summed E-state index contributed by atoms with van der Waals surface area (Å²) in [6.45, 7) is 3.77. The van der Waals surface area contributed by atoms with Crippen LogP contribution in [0.3, 0.4) is 0 Å². The summed E-state index contributed by atoms with van der Waals surface area (Å²) in [4.78, 5) is 22.5. The predicted octanol–water partition coefficient (Wildman–Crippen LogP) is 1.12. The van der Waals surface area contributed by atoms with E-state index in [0.717, 1.165) is 0 Å². The number of Topliss-reactive ketones (excluding diaryl/α,β-unsaturated/α-hetero) is 1. The van der Waals surface area contributed by atoms with Gasteiger partial charge in [-0.25, -0.2) is 0 Å². The molecule has 0 fully saturated rings. The summed E-state index contributed by atoms with van der Waals surface area (Å²) in [6, 6.07) is -0.332. The van der Waals surface area contributed by atoms with Crippen LogP contribution in [0.25, 0.3) is 0 Å². The van der Waals surface area contributed by atoms with Crippen molar-refractivity contribution in [2.45, 2.75) is 19.9 Å². The number of carboxylic acids is 1. The molecule has 5 heteroatoms. The fourth-order valence-electron chi connectivity index (χ4n) is 1.49. The minimum atomic E-state index is -1.08. The van der Waals surface area contributed by atoms with Gasteiger partial charge in [0, 0.05) is 12.2 Å². The number of carbonyl (C=O) groups is 2. The Morgan fingerprint density at radius 2 is 2.21 bits per heavy atom. The molecule has 2 N–H and O–H groups in total. The lowest BCUT2D eigenvalue weighted by Crippen LogP contribution is -2.48. The standard InChI is InChI=1S/C9H12BrNO3/c1-4(2)7-6(9(13)14)8(12)5(10)3-11-7/h3-4,6-7,11H,1-2H3,(H,13,14). The summed E-state index contributed by atoms with van der Waals surface area (Å²) in [6.07, 6.45) is 1.52. The lowest BCUT2D eigenvalue weighted by Gasteiger charge is -2.30. The van der Waals surface area contributed by atoms with Gasteiger partial charge in [-0.3, -0.25) is 9.59 Å². The number of nitrogens with one attached hydrogen (secondary N) is 1. The molecule has 0 aliphatic carbocycles. The van der Waals surface area contributed by atoms with Gasteiger partial charge in [-0.2, -0.15) is 0 Å². The Bertz CT molecular complexity index is 298. The Labute approximate surface area is 90.5 Å². The van der Waals surface area contributed by atoms with E-state index in [4.69, 9.17) is 5.11 Å². The Hall–Kier alpha value is -0.840. The minimum absolute atomic E-state index is 0.0944. The van der Waals surface area contributed by atoms with Crippen LogP contribution in [0.4, 0.5) is 0 Å². The molecule has 2 atom stereocenters. The van der Waals surface area contributed by atoms with Gasteiger partial charge in [0.15, 0.2) is 5.78 Å². The van der Waals surface area contributed by atoms with E-state index in [9.17, 15) is 9.59 Å². The smallest absolute Gasteiger partial charge is 0.316 e. The number of carboxylic acid groups (broad SMARTS) is 1. The highest BCUT2D eigenvalue weighted by Crippen LogP contribution is 2.24. The molecule has 1 rings (SSSR count). The third kappa shape index (κ3) is 1.97. The molecular weight excluding hydrogens is 250 g/mol. The first-order valence-electron chi connectivity index (χ1n) is 4.34. The average Bonchev–Trinajstić information content (AvgIpc) is 2.08. The molecule has 0 amide bonds. The van der Waals surface area contributed by atoms with E-state index in [-0.39, 0.29) is 17.7 Å². The minimum Gasteiger partial charge on any atom is -0.481 e. The van der Waals surface area contributed by atoms with Gasteiger partial charge in [-0.1, -0.05) is 13.8 Å². The Morgan fingerprint density at radius 1 is 1.64 bits per heavy atom. The maximum atomic E-state index is 11.5. The summed E-state index contributed by atoms with van der Waals surface area (Å²) < 4.78 is 0.293. The number of allylic oxidation sites excluding steroid dienone is 1. The van der Waals surface area contributed by atoms with Gasteiger partial charge in [-0.15, -0.1) is 0 Å². The van der Waals surface area contributed by atoms with Gasteiger partial charge in [0.05, 0.1) is 4.48 Å². The van der Waals surface area contributed by atoms with Crippen molar-refractivity contribution in [3.63, 3.8) is 0 Å². The lowest BCUT2D eigenvalue weighted by molar-refractivity contribution is -0.147. The summed E-state index contributed by atoms with van der Waals surface area (Å²) in [5.74, 6) is -2.34. The van der Waals surface area contributed by atoms with Crippen molar-refractivity contribution in [1.29, 1.82) is 0 Å². The van der Waals surface area contributed by atoms with Gasteiger partial charge in [0.1, 0.15) is 5.92 Å². The lowest BCUT2D eigenvalue weighted by atomic mass is 9.85. The van der Waals surface area contributed by atoms with Gasteiger partial charge < -0.3 is 10.4 Å². The number of carbonyl (C=O) groups excluding carboxylic acids is 1. The molecule has 78 valence electrons. The molecule has 0 spiro atoms. The topological polar surface area (TPSA) is 66.4 Å². The number of hydrogen-bond donors (Lipinski definition) is 2. The molecule has 0 radical (unpaired) electrons. The zero-order chi connectivity index (χ0) is 10.9.